The van der Waals surface area contributed by atoms with Crippen LogP contribution in [0.4, 0.5) is 0 Å². The lowest BCUT2D eigenvalue weighted by molar-refractivity contribution is -0.113. The lowest BCUT2D eigenvalue weighted by Gasteiger charge is -2.32. The lowest BCUT2D eigenvalue weighted by Crippen LogP contribution is -2.33. The highest BCUT2D eigenvalue weighted by Crippen LogP contribution is 2.34. The molecule has 0 unspecified atom stereocenters. The van der Waals surface area contributed by atoms with Gasteiger partial charge in [-0.3, -0.25) is 0 Å². The Hall–Kier alpha value is -2.67. The SMILES string of the molecule is N#Cc1ccc([C@H]2C[C@@H](O)C[C@@H](CO)O2)cc1Cc1ccc(C#CC2(O)CC2)cc1. The summed E-state index contributed by atoms with van der Waals surface area (Å²) < 4.78 is 5.92. The summed E-state index contributed by atoms with van der Waals surface area (Å²) in [4.78, 5) is 0. The molecular formula is C25H25NO4. The molecule has 2 aromatic rings. The summed E-state index contributed by atoms with van der Waals surface area (Å²) in [5.41, 5.74) is 3.52. The molecule has 5 heteroatoms. The van der Waals surface area contributed by atoms with E-state index >= 15 is 0 Å². The van der Waals surface area contributed by atoms with Gasteiger partial charge in [0.05, 0.1) is 36.6 Å². The van der Waals surface area contributed by atoms with Crippen LogP contribution >= 0.6 is 0 Å². The van der Waals surface area contributed by atoms with E-state index in [-0.39, 0.29) is 18.8 Å². The fourth-order valence-electron chi connectivity index (χ4n) is 3.75. The molecule has 1 saturated carbocycles. The summed E-state index contributed by atoms with van der Waals surface area (Å²) in [6.07, 6.45) is 1.79. The van der Waals surface area contributed by atoms with Crippen LogP contribution < -0.4 is 0 Å². The van der Waals surface area contributed by atoms with Gasteiger partial charge in [0.1, 0.15) is 5.60 Å². The van der Waals surface area contributed by atoms with Crippen molar-refractivity contribution in [3.8, 4) is 17.9 Å². The van der Waals surface area contributed by atoms with E-state index < -0.39 is 11.7 Å². The first-order valence-electron chi connectivity index (χ1n) is 10.3. The first kappa shape index (κ1) is 20.6. The van der Waals surface area contributed by atoms with E-state index in [2.05, 4.69) is 17.9 Å². The molecule has 30 heavy (non-hydrogen) atoms. The Kier molecular flexibility index (Phi) is 5.90. The van der Waals surface area contributed by atoms with Crippen molar-refractivity contribution in [3.05, 3.63) is 70.3 Å². The molecule has 0 bridgehead atoms. The van der Waals surface area contributed by atoms with Gasteiger partial charge in [-0.2, -0.15) is 5.26 Å². The predicted octanol–water partition coefficient (Wildman–Crippen LogP) is 2.60. The van der Waals surface area contributed by atoms with E-state index in [1.807, 2.05) is 36.4 Å². The van der Waals surface area contributed by atoms with Crippen LogP contribution in [0.25, 0.3) is 0 Å². The van der Waals surface area contributed by atoms with Crippen LogP contribution in [-0.2, 0) is 11.2 Å². The van der Waals surface area contributed by atoms with E-state index in [1.54, 1.807) is 6.07 Å². The number of ether oxygens (including phenoxy) is 1. The number of hydrogen-bond acceptors (Lipinski definition) is 5. The molecule has 2 fully saturated rings. The normalized spacial score (nSPS) is 24.4. The molecule has 1 aliphatic heterocycles. The monoisotopic (exact) mass is 403 g/mol. The van der Waals surface area contributed by atoms with E-state index in [0.717, 1.165) is 35.1 Å². The standard InChI is InChI=1S/C25H25NO4/c26-15-20-6-5-19(24-14-22(28)13-23(16-27)30-24)12-21(20)11-18-3-1-17(2-4-18)7-8-25(29)9-10-25/h1-6,12,22-24,27-29H,9-11,13-14,16H2/t22-,23-,24+/m0/s1. The number of nitriles is 1. The van der Waals surface area contributed by atoms with Gasteiger partial charge in [-0.25, -0.2) is 0 Å². The number of nitrogens with zero attached hydrogens (tertiary/aromatic N) is 1. The van der Waals surface area contributed by atoms with Crippen LogP contribution in [0.2, 0.25) is 0 Å². The first-order valence-corrected chi connectivity index (χ1v) is 10.3. The molecule has 0 amide bonds. The van der Waals surface area contributed by atoms with Crippen LogP contribution in [-0.4, -0.2) is 39.7 Å². The summed E-state index contributed by atoms with van der Waals surface area (Å²) in [6, 6.07) is 15.7. The van der Waals surface area contributed by atoms with E-state index in [9.17, 15) is 20.6 Å². The second kappa shape index (κ2) is 8.60. The van der Waals surface area contributed by atoms with Gasteiger partial charge < -0.3 is 20.1 Å². The van der Waals surface area contributed by atoms with Gasteiger partial charge in [0, 0.05) is 18.4 Å². The molecule has 1 heterocycles. The topological polar surface area (TPSA) is 93.7 Å². The molecule has 1 saturated heterocycles. The second-order valence-corrected chi connectivity index (χ2v) is 8.24. The number of benzene rings is 2. The third kappa shape index (κ3) is 4.90. The number of aliphatic hydroxyl groups excluding tert-OH is 2. The van der Waals surface area contributed by atoms with E-state index in [0.29, 0.717) is 24.8 Å². The zero-order valence-corrected chi connectivity index (χ0v) is 16.7. The second-order valence-electron chi connectivity index (χ2n) is 8.24. The van der Waals surface area contributed by atoms with Crippen LogP contribution in [0.3, 0.4) is 0 Å². The van der Waals surface area contributed by atoms with Gasteiger partial charge >= 0.3 is 0 Å². The van der Waals surface area contributed by atoms with Gasteiger partial charge in [-0.05, 0) is 54.2 Å². The zero-order valence-electron chi connectivity index (χ0n) is 16.7. The maximum Gasteiger partial charge on any atom is 0.126 e. The molecule has 2 aliphatic rings. The molecular weight excluding hydrogens is 378 g/mol. The molecule has 3 N–H and O–H groups in total. The molecule has 2 aromatic carbocycles. The smallest absolute Gasteiger partial charge is 0.126 e. The van der Waals surface area contributed by atoms with Gasteiger partial charge in [0.25, 0.3) is 0 Å². The van der Waals surface area contributed by atoms with Gasteiger partial charge in [-0.15, -0.1) is 0 Å². The van der Waals surface area contributed by atoms with Crippen molar-refractivity contribution in [2.45, 2.75) is 56.0 Å². The van der Waals surface area contributed by atoms with Crippen LogP contribution in [0, 0.1) is 23.2 Å². The fourth-order valence-corrected chi connectivity index (χ4v) is 3.75. The summed E-state index contributed by atoms with van der Waals surface area (Å²) in [5, 5.41) is 38.9. The third-order valence-electron chi connectivity index (χ3n) is 5.71. The van der Waals surface area contributed by atoms with Gasteiger partial charge in [0.15, 0.2) is 0 Å². The molecule has 3 atom stereocenters. The minimum absolute atomic E-state index is 0.122. The summed E-state index contributed by atoms with van der Waals surface area (Å²) in [5.74, 6) is 5.92. The molecule has 0 spiro atoms. The van der Waals surface area contributed by atoms with Crippen molar-refractivity contribution in [2.75, 3.05) is 6.61 Å². The minimum Gasteiger partial charge on any atom is -0.394 e. The van der Waals surface area contributed by atoms with Crippen molar-refractivity contribution in [3.63, 3.8) is 0 Å². The van der Waals surface area contributed by atoms with Crippen molar-refractivity contribution >= 4 is 0 Å². The Morgan fingerprint density at radius 2 is 1.87 bits per heavy atom. The molecule has 154 valence electrons. The Morgan fingerprint density at radius 3 is 2.53 bits per heavy atom. The summed E-state index contributed by atoms with van der Waals surface area (Å²) >= 11 is 0. The summed E-state index contributed by atoms with van der Waals surface area (Å²) in [7, 11) is 0. The van der Waals surface area contributed by atoms with E-state index in [4.69, 9.17) is 4.74 Å². The van der Waals surface area contributed by atoms with Gasteiger partial charge in [-0.1, -0.05) is 36.1 Å². The molecule has 5 nitrogen and oxygen atoms in total. The van der Waals surface area contributed by atoms with Crippen molar-refractivity contribution < 1.29 is 20.1 Å². The average Bonchev–Trinajstić information content (AvgIpc) is 3.50. The maximum absolute atomic E-state index is 10.1. The summed E-state index contributed by atoms with van der Waals surface area (Å²) in [6.45, 7) is -0.122. The Morgan fingerprint density at radius 1 is 1.10 bits per heavy atom. The molecule has 0 aromatic heterocycles. The Bertz CT molecular complexity index is 1010. The molecule has 0 radical (unpaired) electrons. The minimum atomic E-state index is -0.787. The predicted molar refractivity (Wildman–Crippen MR) is 111 cm³/mol. The van der Waals surface area contributed by atoms with E-state index in [1.165, 1.54) is 0 Å². The molecule has 4 rings (SSSR count). The number of hydrogen-bond donors (Lipinski definition) is 3. The highest BCUT2D eigenvalue weighted by molar-refractivity contribution is 5.45. The maximum atomic E-state index is 10.1. The highest BCUT2D eigenvalue weighted by atomic mass is 16.5. The lowest BCUT2D eigenvalue weighted by atomic mass is 9.92. The van der Waals surface area contributed by atoms with Gasteiger partial charge in [0.2, 0.25) is 0 Å². The van der Waals surface area contributed by atoms with Crippen molar-refractivity contribution in [1.82, 2.24) is 0 Å². The van der Waals surface area contributed by atoms with Crippen molar-refractivity contribution in [1.29, 1.82) is 5.26 Å². The molecule has 1 aliphatic carbocycles. The first-order chi connectivity index (χ1) is 14.5. The van der Waals surface area contributed by atoms with Crippen LogP contribution in [0.1, 0.15) is 59.6 Å². The zero-order chi connectivity index (χ0) is 21.1. The van der Waals surface area contributed by atoms with Crippen LogP contribution in [0.15, 0.2) is 42.5 Å². The Balaban J connectivity index is 1.52. The average molecular weight is 403 g/mol. The number of aliphatic hydroxyl groups is 3. The van der Waals surface area contributed by atoms with Crippen molar-refractivity contribution in [2.24, 2.45) is 0 Å². The largest absolute Gasteiger partial charge is 0.394 e. The highest BCUT2D eigenvalue weighted by Gasteiger charge is 2.38. The van der Waals surface area contributed by atoms with Crippen LogP contribution in [0.5, 0.6) is 0 Å². The number of rotatable bonds is 4. The quantitative estimate of drug-likeness (QED) is 0.683. The Labute approximate surface area is 176 Å². The third-order valence-corrected chi connectivity index (χ3v) is 5.71. The fraction of sp³-hybridized carbons (Fsp3) is 0.400.